The maximum atomic E-state index is 10.4. The lowest BCUT2D eigenvalue weighted by atomic mass is 9.94. The summed E-state index contributed by atoms with van der Waals surface area (Å²) in [5.41, 5.74) is 12.8. The van der Waals surface area contributed by atoms with Gasteiger partial charge in [0.1, 0.15) is 40.8 Å². The molecule has 0 saturated heterocycles. The van der Waals surface area contributed by atoms with Crippen molar-refractivity contribution < 1.29 is 9.84 Å². The number of rotatable bonds is 3. The number of pyridine rings is 1. The van der Waals surface area contributed by atoms with Crippen LogP contribution in [0.1, 0.15) is 29.7 Å². The molecule has 0 amide bonds. The minimum Gasteiger partial charge on any atom is -0.508 e. The zero-order valence-electron chi connectivity index (χ0n) is 14.3. The van der Waals surface area contributed by atoms with Crippen molar-refractivity contribution in [1.29, 1.82) is 10.5 Å². The molecule has 27 heavy (non-hydrogen) atoms. The molecular formula is C17H16N8O2. The number of ether oxygens (including phenoxy) is 1. The van der Waals surface area contributed by atoms with E-state index in [0.29, 0.717) is 23.5 Å². The summed E-state index contributed by atoms with van der Waals surface area (Å²) in [5.74, 6) is 0.768. The molecule has 0 saturated carbocycles. The molecule has 1 aliphatic heterocycles. The Labute approximate surface area is 154 Å². The highest BCUT2D eigenvalue weighted by Crippen LogP contribution is 2.43. The molecule has 1 aromatic carbocycles. The Balaban J connectivity index is 2.25. The smallest absolute Gasteiger partial charge is 0.211 e. The third kappa shape index (κ3) is 3.07. The van der Waals surface area contributed by atoms with Crippen LogP contribution in [0.2, 0.25) is 0 Å². The van der Waals surface area contributed by atoms with Gasteiger partial charge in [-0.1, -0.05) is 0 Å². The molecular weight excluding hydrogens is 348 g/mol. The molecule has 10 nitrogen and oxygen atoms in total. The lowest BCUT2D eigenvalue weighted by Gasteiger charge is -2.26. The predicted octanol–water partition coefficient (Wildman–Crippen LogP) is 1.16. The summed E-state index contributed by atoms with van der Waals surface area (Å²) < 4.78 is 5.49. The Morgan fingerprint density at radius 3 is 2.81 bits per heavy atom. The average Bonchev–Trinajstić information content (AvgIpc) is 2.63. The van der Waals surface area contributed by atoms with Crippen molar-refractivity contribution in [2.24, 2.45) is 4.99 Å². The van der Waals surface area contributed by atoms with Crippen LogP contribution in [0, 0.1) is 22.8 Å². The Hall–Kier alpha value is -4.18. The van der Waals surface area contributed by atoms with Crippen molar-refractivity contribution in [3.8, 4) is 23.8 Å². The van der Waals surface area contributed by atoms with Crippen LogP contribution in [0.5, 0.6) is 11.5 Å². The molecule has 10 heteroatoms. The minimum absolute atomic E-state index is 0.0212. The fourth-order valence-corrected chi connectivity index (χ4v) is 2.81. The summed E-state index contributed by atoms with van der Waals surface area (Å²) in [7, 11) is 0. The first-order valence-electron chi connectivity index (χ1n) is 7.94. The van der Waals surface area contributed by atoms with Crippen molar-refractivity contribution in [2.75, 3.05) is 23.4 Å². The summed E-state index contributed by atoms with van der Waals surface area (Å²) in [4.78, 5) is 8.56. The topological polar surface area (TPSA) is 178 Å². The summed E-state index contributed by atoms with van der Waals surface area (Å²) >= 11 is 0. The summed E-state index contributed by atoms with van der Waals surface area (Å²) in [6, 6.07) is 5.80. The number of aromatic hydroxyl groups is 1. The number of nitrogens with two attached hydrogens (primary N) is 2. The van der Waals surface area contributed by atoms with Crippen LogP contribution in [0.3, 0.4) is 0 Å². The van der Waals surface area contributed by atoms with Crippen molar-refractivity contribution in [2.45, 2.75) is 13.0 Å². The molecule has 0 radical (unpaired) electrons. The van der Waals surface area contributed by atoms with Gasteiger partial charge in [-0.25, -0.2) is 9.98 Å². The van der Waals surface area contributed by atoms with E-state index in [1.165, 1.54) is 6.07 Å². The number of aliphatic imine (C=N–C) groups is 1. The lowest BCUT2D eigenvalue weighted by Crippen LogP contribution is -2.32. The summed E-state index contributed by atoms with van der Waals surface area (Å²) in [5, 5.41) is 33.8. The minimum atomic E-state index is -0.835. The van der Waals surface area contributed by atoms with Gasteiger partial charge in [0.25, 0.3) is 0 Å². The molecule has 7 N–H and O–H groups in total. The van der Waals surface area contributed by atoms with Gasteiger partial charge in [0, 0.05) is 11.1 Å². The first kappa shape index (κ1) is 17.6. The fourth-order valence-electron chi connectivity index (χ4n) is 2.81. The van der Waals surface area contributed by atoms with Gasteiger partial charge in [-0.15, -0.1) is 0 Å². The van der Waals surface area contributed by atoms with E-state index in [2.05, 4.69) is 20.6 Å². The normalized spacial score (nSPS) is 14.8. The number of nitrogens with zero attached hydrogens (tertiary/aromatic N) is 4. The Morgan fingerprint density at radius 1 is 1.37 bits per heavy atom. The standard InChI is InChI=1S/C17H16N8O2/c1-2-27-8-3-4-11(26)9(5-8)14-12-13(20)10(6-18)15(21)24-16(12)25-17(23-14)22-7-19/h3-5,14,26H,2H2,1H3,(H6,20,21,22,23,24,25). The van der Waals surface area contributed by atoms with Gasteiger partial charge in [0.05, 0.1) is 12.3 Å². The van der Waals surface area contributed by atoms with E-state index >= 15 is 0 Å². The molecule has 2 aromatic rings. The van der Waals surface area contributed by atoms with E-state index in [4.69, 9.17) is 21.5 Å². The van der Waals surface area contributed by atoms with Gasteiger partial charge >= 0.3 is 0 Å². The van der Waals surface area contributed by atoms with Gasteiger partial charge in [-0.3, -0.25) is 5.32 Å². The quantitative estimate of drug-likeness (QED) is 0.394. The first-order chi connectivity index (χ1) is 13.0. The summed E-state index contributed by atoms with van der Waals surface area (Å²) in [6.07, 6.45) is 1.77. The van der Waals surface area contributed by atoms with Gasteiger partial charge in [0.15, 0.2) is 6.19 Å². The number of nitrogens with one attached hydrogen (secondary N) is 2. The van der Waals surface area contributed by atoms with E-state index in [0.717, 1.165) is 0 Å². The molecule has 1 atom stereocenters. The van der Waals surface area contributed by atoms with Crippen molar-refractivity contribution in [3.63, 3.8) is 0 Å². The third-order valence-electron chi connectivity index (χ3n) is 3.96. The molecule has 1 aromatic heterocycles. The lowest BCUT2D eigenvalue weighted by molar-refractivity contribution is 0.338. The van der Waals surface area contributed by atoms with Gasteiger partial charge in [-0.2, -0.15) is 10.5 Å². The number of aromatic nitrogens is 1. The van der Waals surface area contributed by atoms with E-state index in [1.807, 2.05) is 13.0 Å². The van der Waals surface area contributed by atoms with Gasteiger partial charge < -0.3 is 26.6 Å². The fraction of sp³-hybridized carbons (Fsp3) is 0.176. The van der Waals surface area contributed by atoms with Crippen LogP contribution in [0.4, 0.5) is 17.3 Å². The van der Waals surface area contributed by atoms with Crippen LogP contribution in [-0.2, 0) is 0 Å². The third-order valence-corrected chi connectivity index (χ3v) is 3.96. The van der Waals surface area contributed by atoms with E-state index in [1.54, 1.807) is 18.3 Å². The molecule has 1 aliphatic rings. The highest BCUT2D eigenvalue weighted by molar-refractivity contribution is 5.98. The highest BCUT2D eigenvalue weighted by Gasteiger charge is 2.31. The molecule has 0 fully saturated rings. The van der Waals surface area contributed by atoms with E-state index in [9.17, 15) is 10.4 Å². The van der Waals surface area contributed by atoms with Crippen LogP contribution >= 0.6 is 0 Å². The molecule has 2 heterocycles. The second-order valence-electron chi connectivity index (χ2n) is 5.56. The zero-order chi connectivity index (χ0) is 19.6. The van der Waals surface area contributed by atoms with Crippen molar-refractivity contribution >= 4 is 23.3 Å². The average molecular weight is 364 g/mol. The van der Waals surface area contributed by atoms with Crippen molar-refractivity contribution in [3.05, 3.63) is 34.9 Å². The Bertz CT molecular complexity index is 1020. The SMILES string of the molecule is CCOc1ccc(O)c(C2N=C(NC#N)Nc3nc(N)c(C#N)c(N)c32)c1. The number of nitriles is 2. The van der Waals surface area contributed by atoms with E-state index in [-0.39, 0.29) is 34.6 Å². The Kier molecular flexibility index (Phi) is 4.56. The maximum Gasteiger partial charge on any atom is 0.211 e. The molecule has 3 rings (SSSR count). The molecule has 136 valence electrons. The number of nitrogen functional groups attached to an aromatic ring is 2. The second kappa shape index (κ2) is 6.98. The number of hydrogen-bond donors (Lipinski definition) is 5. The second-order valence-corrected chi connectivity index (χ2v) is 5.56. The number of anilines is 3. The highest BCUT2D eigenvalue weighted by atomic mass is 16.5. The van der Waals surface area contributed by atoms with Crippen LogP contribution in [0.25, 0.3) is 0 Å². The molecule has 0 spiro atoms. The number of hydrogen-bond acceptors (Lipinski definition) is 10. The Morgan fingerprint density at radius 2 is 2.15 bits per heavy atom. The number of phenolic OH excluding ortho intramolecular Hbond substituents is 1. The van der Waals surface area contributed by atoms with Crippen LogP contribution < -0.4 is 26.8 Å². The zero-order valence-corrected chi connectivity index (χ0v) is 14.3. The number of guanidine groups is 1. The van der Waals surface area contributed by atoms with Crippen LogP contribution in [0.15, 0.2) is 23.2 Å². The first-order valence-corrected chi connectivity index (χ1v) is 7.94. The monoisotopic (exact) mass is 364 g/mol. The number of phenols is 1. The largest absolute Gasteiger partial charge is 0.508 e. The van der Waals surface area contributed by atoms with E-state index < -0.39 is 6.04 Å². The molecule has 0 aliphatic carbocycles. The van der Waals surface area contributed by atoms with Crippen LogP contribution in [-0.4, -0.2) is 22.7 Å². The van der Waals surface area contributed by atoms with Crippen molar-refractivity contribution in [1.82, 2.24) is 10.3 Å². The van der Waals surface area contributed by atoms with Gasteiger partial charge in [-0.05, 0) is 25.1 Å². The maximum absolute atomic E-state index is 10.4. The van der Waals surface area contributed by atoms with Gasteiger partial charge in [0.2, 0.25) is 5.96 Å². The number of fused-ring (bicyclic) bond motifs is 1. The molecule has 1 unspecified atom stereocenters. The summed E-state index contributed by atoms with van der Waals surface area (Å²) in [6.45, 7) is 2.28. The predicted molar refractivity (Wildman–Crippen MR) is 98.7 cm³/mol. The number of benzene rings is 1. The molecule has 0 bridgehead atoms.